The van der Waals surface area contributed by atoms with Crippen LogP contribution in [0.2, 0.25) is 0 Å². The average molecular weight is 224 g/mol. The van der Waals surface area contributed by atoms with Gasteiger partial charge < -0.3 is 4.74 Å². The first-order valence-corrected chi connectivity index (χ1v) is 5.95. The SMILES string of the molecule is CC(C)CCOC(=O)/C=C/c1cccs1. The number of hydrogen-bond acceptors (Lipinski definition) is 3. The summed E-state index contributed by atoms with van der Waals surface area (Å²) in [6, 6.07) is 3.91. The van der Waals surface area contributed by atoms with Crippen molar-refractivity contribution in [3.8, 4) is 0 Å². The van der Waals surface area contributed by atoms with E-state index in [0.29, 0.717) is 12.5 Å². The first-order chi connectivity index (χ1) is 7.18. The fourth-order valence-corrected chi connectivity index (χ4v) is 1.60. The molecule has 1 rings (SSSR count). The highest BCUT2D eigenvalue weighted by molar-refractivity contribution is 7.10. The van der Waals surface area contributed by atoms with Crippen molar-refractivity contribution in [1.82, 2.24) is 0 Å². The summed E-state index contributed by atoms with van der Waals surface area (Å²) in [4.78, 5) is 12.3. The largest absolute Gasteiger partial charge is 0.463 e. The van der Waals surface area contributed by atoms with Gasteiger partial charge in [-0.3, -0.25) is 0 Å². The predicted octanol–water partition coefficient (Wildman–Crippen LogP) is 3.35. The second kappa shape index (κ2) is 6.40. The molecule has 0 atom stereocenters. The standard InChI is InChI=1S/C12H16O2S/c1-10(2)7-8-14-12(13)6-5-11-4-3-9-15-11/h3-6,9-10H,7-8H2,1-2H3/b6-5+. The first kappa shape index (κ1) is 12.0. The molecule has 0 bridgehead atoms. The fourth-order valence-electron chi connectivity index (χ4n) is 0.980. The van der Waals surface area contributed by atoms with Gasteiger partial charge >= 0.3 is 5.97 Å². The number of ether oxygens (including phenoxy) is 1. The van der Waals surface area contributed by atoms with E-state index in [4.69, 9.17) is 4.74 Å². The second-order valence-electron chi connectivity index (χ2n) is 3.70. The molecule has 0 aliphatic rings. The van der Waals surface area contributed by atoms with Gasteiger partial charge in [0.2, 0.25) is 0 Å². The maximum atomic E-state index is 11.2. The Morgan fingerprint density at radius 3 is 3.00 bits per heavy atom. The van der Waals surface area contributed by atoms with Crippen molar-refractivity contribution in [2.75, 3.05) is 6.61 Å². The van der Waals surface area contributed by atoms with Crippen LogP contribution in [0.15, 0.2) is 23.6 Å². The van der Waals surface area contributed by atoms with E-state index in [9.17, 15) is 4.79 Å². The van der Waals surface area contributed by atoms with Gasteiger partial charge in [-0.1, -0.05) is 19.9 Å². The Morgan fingerprint density at radius 2 is 2.40 bits per heavy atom. The lowest BCUT2D eigenvalue weighted by atomic mass is 10.1. The number of hydrogen-bond donors (Lipinski definition) is 0. The van der Waals surface area contributed by atoms with E-state index in [2.05, 4.69) is 13.8 Å². The molecular formula is C12H16O2S. The normalized spacial score (nSPS) is 11.1. The van der Waals surface area contributed by atoms with Crippen LogP contribution in [0.25, 0.3) is 6.08 Å². The summed E-state index contributed by atoms with van der Waals surface area (Å²) >= 11 is 1.60. The fraction of sp³-hybridized carbons (Fsp3) is 0.417. The third-order valence-electron chi connectivity index (χ3n) is 1.87. The van der Waals surface area contributed by atoms with Crippen molar-refractivity contribution in [3.63, 3.8) is 0 Å². The molecule has 0 spiro atoms. The van der Waals surface area contributed by atoms with E-state index >= 15 is 0 Å². The number of carbonyl (C=O) groups excluding carboxylic acids is 1. The van der Waals surface area contributed by atoms with Crippen LogP contribution in [0.3, 0.4) is 0 Å². The van der Waals surface area contributed by atoms with Crippen LogP contribution in [-0.2, 0) is 9.53 Å². The minimum Gasteiger partial charge on any atom is -0.463 e. The highest BCUT2D eigenvalue weighted by Crippen LogP contribution is 2.10. The molecule has 0 saturated carbocycles. The molecule has 0 aliphatic carbocycles. The molecule has 3 heteroatoms. The van der Waals surface area contributed by atoms with Gasteiger partial charge in [0.15, 0.2) is 0 Å². The summed E-state index contributed by atoms with van der Waals surface area (Å²) < 4.78 is 5.03. The van der Waals surface area contributed by atoms with E-state index in [1.54, 1.807) is 17.4 Å². The molecule has 0 unspecified atom stereocenters. The average Bonchev–Trinajstić information content (AvgIpc) is 2.66. The molecule has 0 N–H and O–H groups in total. The van der Waals surface area contributed by atoms with Crippen molar-refractivity contribution in [1.29, 1.82) is 0 Å². The Bertz CT molecular complexity index is 312. The highest BCUT2D eigenvalue weighted by Gasteiger charge is 1.98. The van der Waals surface area contributed by atoms with Gasteiger partial charge in [0.05, 0.1) is 6.61 Å². The summed E-state index contributed by atoms with van der Waals surface area (Å²) in [5.41, 5.74) is 0. The lowest BCUT2D eigenvalue weighted by Crippen LogP contribution is -2.04. The first-order valence-electron chi connectivity index (χ1n) is 5.07. The van der Waals surface area contributed by atoms with Crippen LogP contribution < -0.4 is 0 Å². The van der Waals surface area contributed by atoms with Gasteiger partial charge in [-0.05, 0) is 29.9 Å². The summed E-state index contributed by atoms with van der Waals surface area (Å²) in [5, 5.41) is 1.98. The van der Waals surface area contributed by atoms with Crippen molar-refractivity contribution >= 4 is 23.4 Å². The molecule has 1 aromatic rings. The van der Waals surface area contributed by atoms with E-state index in [1.807, 2.05) is 17.5 Å². The quantitative estimate of drug-likeness (QED) is 0.566. The van der Waals surface area contributed by atoms with E-state index < -0.39 is 0 Å². The van der Waals surface area contributed by atoms with Gasteiger partial charge in [0.1, 0.15) is 0 Å². The van der Waals surface area contributed by atoms with Crippen molar-refractivity contribution in [2.24, 2.45) is 5.92 Å². The molecular weight excluding hydrogens is 208 g/mol. The lowest BCUT2D eigenvalue weighted by molar-refractivity contribution is -0.137. The van der Waals surface area contributed by atoms with Crippen molar-refractivity contribution in [3.05, 3.63) is 28.5 Å². The number of esters is 1. The van der Waals surface area contributed by atoms with Crippen LogP contribution in [0, 0.1) is 5.92 Å². The molecule has 82 valence electrons. The summed E-state index contributed by atoms with van der Waals surface area (Å²) in [6.45, 7) is 4.72. The zero-order valence-electron chi connectivity index (χ0n) is 9.10. The zero-order valence-corrected chi connectivity index (χ0v) is 9.92. The van der Waals surface area contributed by atoms with Gasteiger partial charge in [0, 0.05) is 11.0 Å². The predicted molar refractivity (Wildman–Crippen MR) is 63.8 cm³/mol. The summed E-state index contributed by atoms with van der Waals surface area (Å²) in [6.07, 6.45) is 4.17. The van der Waals surface area contributed by atoms with Crippen LogP contribution >= 0.6 is 11.3 Å². The van der Waals surface area contributed by atoms with Crippen LogP contribution in [0.4, 0.5) is 0 Å². The minimum absolute atomic E-state index is 0.260. The van der Waals surface area contributed by atoms with Gasteiger partial charge in [0.25, 0.3) is 0 Å². The molecule has 0 aromatic carbocycles. The Morgan fingerprint density at radius 1 is 1.60 bits per heavy atom. The topological polar surface area (TPSA) is 26.3 Å². The molecule has 0 radical (unpaired) electrons. The smallest absolute Gasteiger partial charge is 0.330 e. The highest BCUT2D eigenvalue weighted by atomic mass is 32.1. The second-order valence-corrected chi connectivity index (χ2v) is 4.68. The summed E-state index contributed by atoms with van der Waals surface area (Å²) in [7, 11) is 0. The van der Waals surface area contributed by atoms with Crippen molar-refractivity contribution in [2.45, 2.75) is 20.3 Å². The Kier molecular flexibility index (Phi) is 5.12. The minimum atomic E-state index is -0.260. The Labute approximate surface area is 94.6 Å². The molecule has 15 heavy (non-hydrogen) atoms. The van der Waals surface area contributed by atoms with Crippen molar-refractivity contribution < 1.29 is 9.53 Å². The molecule has 0 saturated heterocycles. The van der Waals surface area contributed by atoms with E-state index in [-0.39, 0.29) is 5.97 Å². The maximum Gasteiger partial charge on any atom is 0.330 e. The molecule has 0 fully saturated rings. The van der Waals surface area contributed by atoms with Crippen LogP contribution in [-0.4, -0.2) is 12.6 Å². The van der Waals surface area contributed by atoms with Crippen LogP contribution in [0.5, 0.6) is 0 Å². The third kappa shape index (κ3) is 5.37. The summed E-state index contributed by atoms with van der Waals surface area (Å²) in [5.74, 6) is 0.308. The molecule has 1 aromatic heterocycles. The number of rotatable bonds is 5. The number of thiophene rings is 1. The molecule has 0 amide bonds. The maximum absolute atomic E-state index is 11.2. The Hall–Kier alpha value is -1.09. The van der Waals surface area contributed by atoms with Gasteiger partial charge in [-0.25, -0.2) is 4.79 Å². The molecule has 0 aliphatic heterocycles. The molecule has 1 heterocycles. The Balaban J connectivity index is 2.24. The van der Waals surface area contributed by atoms with Gasteiger partial charge in [-0.2, -0.15) is 0 Å². The van der Waals surface area contributed by atoms with E-state index in [0.717, 1.165) is 11.3 Å². The van der Waals surface area contributed by atoms with E-state index in [1.165, 1.54) is 6.08 Å². The zero-order chi connectivity index (χ0) is 11.1. The third-order valence-corrected chi connectivity index (χ3v) is 2.70. The van der Waals surface area contributed by atoms with Crippen LogP contribution in [0.1, 0.15) is 25.1 Å². The lowest BCUT2D eigenvalue weighted by Gasteiger charge is -2.03. The van der Waals surface area contributed by atoms with Gasteiger partial charge in [-0.15, -0.1) is 11.3 Å². The molecule has 2 nitrogen and oxygen atoms in total. The monoisotopic (exact) mass is 224 g/mol. The number of carbonyl (C=O) groups is 1.